The van der Waals surface area contributed by atoms with Crippen LogP contribution in [0.15, 0.2) is 5.38 Å². The molecule has 12 heavy (non-hydrogen) atoms. The normalized spacial score (nSPS) is 15.0. The number of carbonyl (C=O) groups is 1. The maximum atomic E-state index is 11.2. The van der Waals surface area contributed by atoms with Crippen molar-refractivity contribution in [2.24, 2.45) is 0 Å². The molecular formula is C9H11NOS. The number of carbonyl (C=O) groups excluding carboxylic acids is 1. The second-order valence-electron chi connectivity index (χ2n) is 3.16. The summed E-state index contributed by atoms with van der Waals surface area (Å²) in [6.45, 7) is 2.70. The maximum Gasteiger partial charge on any atom is 0.170 e. The van der Waals surface area contributed by atoms with Gasteiger partial charge in [-0.1, -0.05) is 0 Å². The number of likely N-dealkylation sites (N-methyl/N-ethyl adjacent to an activating group) is 1. The van der Waals surface area contributed by atoms with Gasteiger partial charge in [-0.15, -0.1) is 11.3 Å². The molecule has 0 fully saturated rings. The highest BCUT2D eigenvalue weighted by Crippen LogP contribution is 2.34. The quantitative estimate of drug-likeness (QED) is 0.617. The lowest BCUT2D eigenvalue weighted by molar-refractivity contribution is 0.102. The zero-order valence-corrected chi connectivity index (χ0v) is 8.07. The SMILES string of the molecule is CC(=O)c1scc2c1CCN2C. The van der Waals surface area contributed by atoms with Crippen LogP contribution < -0.4 is 4.90 Å². The number of anilines is 1. The van der Waals surface area contributed by atoms with Crippen LogP contribution in [-0.2, 0) is 6.42 Å². The van der Waals surface area contributed by atoms with Gasteiger partial charge in [0, 0.05) is 19.0 Å². The average molecular weight is 181 g/mol. The van der Waals surface area contributed by atoms with E-state index < -0.39 is 0 Å². The maximum absolute atomic E-state index is 11.2. The Hall–Kier alpha value is -0.830. The molecule has 0 radical (unpaired) electrons. The minimum absolute atomic E-state index is 0.205. The summed E-state index contributed by atoms with van der Waals surface area (Å²) in [6, 6.07) is 0. The van der Waals surface area contributed by atoms with Crippen molar-refractivity contribution in [3.05, 3.63) is 15.8 Å². The Morgan fingerprint density at radius 1 is 1.67 bits per heavy atom. The predicted molar refractivity (Wildman–Crippen MR) is 51.3 cm³/mol. The Labute approximate surface area is 75.8 Å². The van der Waals surface area contributed by atoms with Gasteiger partial charge in [-0.25, -0.2) is 0 Å². The number of rotatable bonds is 1. The summed E-state index contributed by atoms with van der Waals surface area (Å²) >= 11 is 1.57. The van der Waals surface area contributed by atoms with Gasteiger partial charge < -0.3 is 4.90 Å². The molecule has 0 saturated heterocycles. The van der Waals surface area contributed by atoms with Gasteiger partial charge in [0.2, 0.25) is 0 Å². The summed E-state index contributed by atoms with van der Waals surface area (Å²) in [4.78, 5) is 14.3. The first-order valence-electron chi connectivity index (χ1n) is 4.02. The van der Waals surface area contributed by atoms with Gasteiger partial charge in [0.1, 0.15) is 0 Å². The molecule has 3 heteroatoms. The summed E-state index contributed by atoms with van der Waals surface area (Å²) in [5.41, 5.74) is 2.51. The average Bonchev–Trinajstić information content (AvgIpc) is 2.53. The van der Waals surface area contributed by atoms with Crippen LogP contribution in [0.3, 0.4) is 0 Å². The van der Waals surface area contributed by atoms with E-state index in [-0.39, 0.29) is 5.78 Å². The third-order valence-corrected chi connectivity index (χ3v) is 3.41. The fourth-order valence-corrected chi connectivity index (χ4v) is 2.70. The van der Waals surface area contributed by atoms with Crippen molar-refractivity contribution < 1.29 is 4.79 Å². The predicted octanol–water partition coefficient (Wildman–Crippen LogP) is 1.94. The highest BCUT2D eigenvalue weighted by Gasteiger charge is 2.22. The van der Waals surface area contributed by atoms with Crippen LogP contribution in [0, 0.1) is 0 Å². The Morgan fingerprint density at radius 3 is 3.08 bits per heavy atom. The van der Waals surface area contributed by atoms with Crippen LogP contribution in [0.2, 0.25) is 0 Å². The van der Waals surface area contributed by atoms with E-state index in [1.54, 1.807) is 18.3 Å². The molecule has 2 nitrogen and oxygen atoms in total. The van der Waals surface area contributed by atoms with Crippen molar-refractivity contribution in [3.8, 4) is 0 Å². The van der Waals surface area contributed by atoms with Crippen LogP contribution in [0.1, 0.15) is 22.2 Å². The van der Waals surface area contributed by atoms with Crippen molar-refractivity contribution in [2.45, 2.75) is 13.3 Å². The second kappa shape index (κ2) is 2.59. The number of fused-ring (bicyclic) bond motifs is 1. The highest BCUT2D eigenvalue weighted by atomic mass is 32.1. The van der Waals surface area contributed by atoms with Crippen molar-refractivity contribution in [1.82, 2.24) is 0 Å². The molecule has 1 aliphatic heterocycles. The summed E-state index contributed by atoms with van der Waals surface area (Å²) in [6.07, 6.45) is 1.03. The van der Waals surface area contributed by atoms with E-state index >= 15 is 0 Å². The number of hydrogen-bond donors (Lipinski definition) is 0. The molecule has 0 amide bonds. The lowest BCUT2D eigenvalue weighted by atomic mass is 10.2. The summed E-state index contributed by atoms with van der Waals surface area (Å²) in [5, 5.41) is 2.08. The lowest BCUT2D eigenvalue weighted by Crippen LogP contribution is -2.11. The third kappa shape index (κ3) is 0.966. The molecule has 2 rings (SSSR count). The number of nitrogens with zero attached hydrogens (tertiary/aromatic N) is 1. The number of Topliss-reactive ketones (excluding diaryl/α,β-unsaturated/α-hetero) is 1. The zero-order chi connectivity index (χ0) is 8.72. The van der Waals surface area contributed by atoms with Gasteiger partial charge in [0.05, 0.1) is 10.6 Å². The summed E-state index contributed by atoms with van der Waals surface area (Å²) in [7, 11) is 2.07. The minimum atomic E-state index is 0.205. The fourth-order valence-electron chi connectivity index (χ4n) is 1.63. The number of thiophene rings is 1. The minimum Gasteiger partial charge on any atom is -0.373 e. The first-order chi connectivity index (χ1) is 5.70. The number of hydrogen-bond acceptors (Lipinski definition) is 3. The molecule has 0 aliphatic carbocycles. The topological polar surface area (TPSA) is 20.3 Å². The van der Waals surface area contributed by atoms with E-state index in [4.69, 9.17) is 0 Å². The molecule has 0 N–H and O–H groups in total. The van der Waals surface area contributed by atoms with Crippen LogP contribution in [0.25, 0.3) is 0 Å². The van der Waals surface area contributed by atoms with E-state index in [9.17, 15) is 4.79 Å². The van der Waals surface area contributed by atoms with Gasteiger partial charge in [-0.05, 0) is 18.9 Å². The standard InChI is InChI=1S/C9H11NOS/c1-6(11)9-7-3-4-10(2)8(7)5-12-9/h5H,3-4H2,1-2H3. The molecule has 64 valence electrons. The molecule has 0 aromatic carbocycles. The van der Waals surface area contributed by atoms with Crippen molar-refractivity contribution in [1.29, 1.82) is 0 Å². The monoisotopic (exact) mass is 181 g/mol. The summed E-state index contributed by atoms with van der Waals surface area (Å²) in [5.74, 6) is 0.205. The van der Waals surface area contributed by atoms with Gasteiger partial charge in [0.15, 0.2) is 5.78 Å². The van der Waals surface area contributed by atoms with E-state index in [2.05, 4.69) is 17.3 Å². The Balaban J connectivity index is 2.49. The largest absolute Gasteiger partial charge is 0.373 e. The molecule has 1 aliphatic rings. The van der Waals surface area contributed by atoms with E-state index in [0.717, 1.165) is 17.8 Å². The van der Waals surface area contributed by atoms with Gasteiger partial charge in [-0.3, -0.25) is 4.79 Å². The van der Waals surface area contributed by atoms with Crippen LogP contribution >= 0.6 is 11.3 Å². The molecule has 0 saturated carbocycles. The van der Waals surface area contributed by atoms with Crippen molar-refractivity contribution in [2.75, 3.05) is 18.5 Å². The van der Waals surface area contributed by atoms with Crippen LogP contribution in [0.5, 0.6) is 0 Å². The Bertz CT molecular complexity index is 329. The first-order valence-corrected chi connectivity index (χ1v) is 4.90. The number of ketones is 1. The molecule has 0 unspecified atom stereocenters. The van der Waals surface area contributed by atoms with E-state index in [1.807, 2.05) is 0 Å². The van der Waals surface area contributed by atoms with Crippen molar-refractivity contribution in [3.63, 3.8) is 0 Å². The molecule has 0 spiro atoms. The van der Waals surface area contributed by atoms with Gasteiger partial charge >= 0.3 is 0 Å². The second-order valence-corrected chi connectivity index (χ2v) is 4.04. The molecule has 1 aromatic rings. The molecule has 0 atom stereocenters. The Kier molecular flexibility index (Phi) is 1.68. The molecule has 2 heterocycles. The van der Waals surface area contributed by atoms with E-state index in [0.29, 0.717) is 0 Å². The third-order valence-electron chi connectivity index (χ3n) is 2.30. The highest BCUT2D eigenvalue weighted by molar-refractivity contribution is 7.12. The molecule has 0 bridgehead atoms. The van der Waals surface area contributed by atoms with E-state index in [1.165, 1.54) is 11.3 Å². The fraction of sp³-hybridized carbons (Fsp3) is 0.444. The summed E-state index contributed by atoms with van der Waals surface area (Å²) < 4.78 is 0. The first kappa shape index (κ1) is 7.80. The van der Waals surface area contributed by atoms with Crippen LogP contribution in [-0.4, -0.2) is 19.4 Å². The Morgan fingerprint density at radius 2 is 2.42 bits per heavy atom. The van der Waals surface area contributed by atoms with Gasteiger partial charge in [-0.2, -0.15) is 0 Å². The lowest BCUT2D eigenvalue weighted by Gasteiger charge is -2.07. The smallest absolute Gasteiger partial charge is 0.170 e. The molecular weight excluding hydrogens is 170 g/mol. The molecule has 1 aromatic heterocycles. The van der Waals surface area contributed by atoms with Crippen LogP contribution in [0.4, 0.5) is 5.69 Å². The van der Waals surface area contributed by atoms with Gasteiger partial charge in [0.25, 0.3) is 0 Å². The van der Waals surface area contributed by atoms with Crippen molar-refractivity contribution >= 4 is 22.8 Å². The zero-order valence-electron chi connectivity index (χ0n) is 7.26.